The molecule has 0 fully saturated rings. The average Bonchev–Trinajstić information content (AvgIpc) is 3.11. The van der Waals surface area contributed by atoms with Gasteiger partial charge in [0.15, 0.2) is 10.1 Å². The molecule has 0 N–H and O–H groups in total. The maximum absolute atomic E-state index is 10.7. The largest absolute Gasteiger partial charge is 0.741 e. The Bertz CT molecular complexity index is 1790. The number of hydrogen-bond acceptors (Lipinski definition) is 3. The van der Waals surface area contributed by atoms with Gasteiger partial charge < -0.3 is 4.55 Å². The molecule has 0 heterocycles. The lowest BCUT2D eigenvalue weighted by Gasteiger charge is -2.20. The molecule has 0 amide bonds. The Balaban J connectivity index is 0.000000483. The van der Waals surface area contributed by atoms with Crippen molar-refractivity contribution in [2.75, 3.05) is 0 Å². The van der Waals surface area contributed by atoms with Crippen LogP contribution >= 0.6 is 14.1 Å². The first-order valence-corrected chi connectivity index (χ1v) is 19.4. The topological polar surface area (TPSA) is 71.3 Å². The third-order valence-electron chi connectivity index (χ3n) is 7.33. The Morgan fingerprint density at radius 3 is 0.681 bits per heavy atom. The molecular weight excluding hydrogens is 657 g/mol. The van der Waals surface area contributed by atoms with Crippen LogP contribution in [0.3, 0.4) is 0 Å². The van der Waals surface area contributed by atoms with Crippen molar-refractivity contribution in [3.05, 3.63) is 182 Å². The summed E-state index contributed by atoms with van der Waals surface area (Å²) in [6, 6.07) is 65.7. The zero-order valence-corrected chi connectivity index (χ0v) is 27.5. The molecule has 6 aromatic rings. The third kappa shape index (κ3) is 7.29. The maximum Gasteiger partial charge on any atom is 0.485 e. The van der Waals surface area contributed by atoms with Crippen LogP contribution in [-0.4, -0.2) is 18.5 Å². The first-order valence-electron chi connectivity index (χ1n) is 14.5. The minimum absolute atomic E-state index is 1.26. The molecule has 0 bridgehead atoms. The van der Waals surface area contributed by atoms with Gasteiger partial charge in [-0.15, -0.1) is 4.17 Å². The molecule has 4 nitrogen and oxygen atoms in total. The Labute approximate surface area is 273 Å². The summed E-state index contributed by atoms with van der Waals surface area (Å²) in [5.74, 6) is 0. The van der Waals surface area contributed by atoms with Gasteiger partial charge in [0.05, 0.1) is 31.8 Å². The van der Waals surface area contributed by atoms with Crippen molar-refractivity contribution in [1.29, 1.82) is 0 Å². The van der Waals surface area contributed by atoms with Crippen LogP contribution in [0.15, 0.2) is 182 Å². The van der Waals surface area contributed by atoms with Crippen LogP contribution in [0.5, 0.6) is 0 Å². The molecule has 10 heteroatoms. The third-order valence-corrected chi connectivity index (χ3v) is 16.3. The van der Waals surface area contributed by atoms with Gasteiger partial charge in [-0.1, -0.05) is 109 Å². The number of nitrogens with zero attached hydrogens (tertiary/aromatic N) is 1. The summed E-state index contributed by atoms with van der Waals surface area (Å²) in [5.41, 5.74) is -5.65. The van der Waals surface area contributed by atoms with E-state index < -0.39 is 29.7 Å². The molecule has 0 spiro atoms. The summed E-state index contributed by atoms with van der Waals surface area (Å²) < 4.78 is 65.3. The van der Waals surface area contributed by atoms with E-state index in [9.17, 15) is 13.2 Å². The van der Waals surface area contributed by atoms with Gasteiger partial charge in [0, 0.05) is 0 Å². The minimum atomic E-state index is -6.09. The maximum atomic E-state index is 10.7. The normalized spacial score (nSPS) is 11.9. The van der Waals surface area contributed by atoms with Crippen LogP contribution in [0.1, 0.15) is 0 Å². The second-order valence-electron chi connectivity index (χ2n) is 10.3. The highest BCUT2D eigenvalue weighted by Crippen LogP contribution is 2.50. The summed E-state index contributed by atoms with van der Waals surface area (Å²) in [4.78, 5) is 0. The Kier molecular flexibility index (Phi) is 10.5. The molecule has 6 aromatic carbocycles. The Morgan fingerprint density at radius 2 is 0.553 bits per heavy atom. The van der Waals surface area contributed by atoms with E-state index in [0.29, 0.717) is 0 Å². The van der Waals surface area contributed by atoms with E-state index in [0.717, 1.165) is 0 Å². The molecule has 0 aliphatic heterocycles. The highest BCUT2D eigenvalue weighted by atomic mass is 32.2. The predicted molar refractivity (Wildman–Crippen MR) is 188 cm³/mol. The molecule has 238 valence electrons. The first-order chi connectivity index (χ1) is 22.6. The molecule has 0 unspecified atom stereocenters. The molecule has 0 aliphatic rings. The van der Waals surface area contributed by atoms with Crippen molar-refractivity contribution in [3.8, 4) is 0 Å². The molecule has 6 rings (SSSR count). The van der Waals surface area contributed by atoms with Crippen LogP contribution in [0, 0.1) is 0 Å². The summed E-state index contributed by atoms with van der Waals surface area (Å²) in [7, 11) is -11.1. The van der Waals surface area contributed by atoms with Gasteiger partial charge in [0.1, 0.15) is 0 Å². The molecule has 0 aromatic heterocycles. The smallest absolute Gasteiger partial charge is 0.485 e. The molecule has 0 radical (unpaired) electrons. The molecule has 47 heavy (non-hydrogen) atoms. The fourth-order valence-electron chi connectivity index (χ4n) is 5.27. The van der Waals surface area contributed by atoms with Crippen LogP contribution in [-0.2, 0) is 10.1 Å². The van der Waals surface area contributed by atoms with Gasteiger partial charge in [0.25, 0.3) is 0 Å². The van der Waals surface area contributed by atoms with E-state index in [1.54, 1.807) is 0 Å². The average molecular weight is 688 g/mol. The van der Waals surface area contributed by atoms with E-state index in [1.165, 1.54) is 31.8 Å². The van der Waals surface area contributed by atoms with Crippen molar-refractivity contribution < 1.29 is 26.1 Å². The zero-order chi connectivity index (χ0) is 33.4. The van der Waals surface area contributed by atoms with Crippen molar-refractivity contribution in [1.82, 2.24) is 4.17 Å². The van der Waals surface area contributed by atoms with Crippen molar-refractivity contribution in [2.45, 2.75) is 5.51 Å². The lowest BCUT2D eigenvalue weighted by Crippen LogP contribution is -2.31. The van der Waals surface area contributed by atoms with Crippen LogP contribution in [0.4, 0.5) is 13.2 Å². The summed E-state index contributed by atoms with van der Waals surface area (Å²) >= 11 is 0. The molecule has 0 aliphatic carbocycles. The standard InChI is InChI=1S/C36H30NP2.CHF3O3S/c1-7-19-31(20-8-1)38(32-21-9-2-10-22-32,33-23-11-3-12-24-33)37-39(34-25-13-4-14-26-34,35-27-15-5-16-28-35)36-29-17-6-18-30-36;2-1(3,4)8(5,6)7/h1-30H;(H,5,6,7)/q+1;/p-1. The fraction of sp³-hybridized carbons (Fsp3) is 0.0270. The van der Waals surface area contributed by atoms with E-state index >= 15 is 0 Å². The van der Waals surface area contributed by atoms with Gasteiger partial charge in [0.2, 0.25) is 0 Å². The fourth-order valence-corrected chi connectivity index (χ4v) is 14.8. The van der Waals surface area contributed by atoms with E-state index in [4.69, 9.17) is 17.1 Å². The quantitative estimate of drug-likeness (QED) is 0.0874. The van der Waals surface area contributed by atoms with Crippen molar-refractivity contribution in [3.63, 3.8) is 0 Å². The number of rotatable bonds is 6. The molecule has 0 saturated carbocycles. The zero-order valence-electron chi connectivity index (χ0n) is 24.9. The lowest BCUT2D eigenvalue weighted by molar-refractivity contribution is -0.0517. The monoisotopic (exact) mass is 687 g/mol. The molecule has 0 atom stereocenters. The number of hydrogen-bond donors (Lipinski definition) is 0. The van der Waals surface area contributed by atoms with E-state index in [1.807, 2.05) is 0 Å². The Hall–Kier alpha value is -4.41. The van der Waals surface area contributed by atoms with E-state index in [2.05, 4.69) is 182 Å². The Morgan fingerprint density at radius 1 is 0.404 bits per heavy atom. The highest BCUT2D eigenvalue weighted by Gasteiger charge is 2.44. The second-order valence-corrected chi connectivity index (χ2v) is 18.0. The highest BCUT2D eigenvalue weighted by molar-refractivity contribution is 7.94. The molecular formula is C37H30F3NO3P2S. The number of benzene rings is 6. The van der Waals surface area contributed by atoms with Crippen LogP contribution in [0.2, 0.25) is 0 Å². The van der Waals surface area contributed by atoms with Crippen molar-refractivity contribution >= 4 is 56.1 Å². The van der Waals surface area contributed by atoms with Gasteiger partial charge in [-0.25, -0.2) is 8.42 Å². The first kappa shape index (κ1) is 33.9. The molecule has 0 saturated heterocycles. The summed E-state index contributed by atoms with van der Waals surface area (Å²) in [5, 5.41) is 7.55. The van der Waals surface area contributed by atoms with Gasteiger partial charge >= 0.3 is 19.6 Å². The van der Waals surface area contributed by atoms with E-state index in [-0.39, 0.29) is 0 Å². The van der Waals surface area contributed by atoms with Gasteiger partial charge in [-0.3, -0.25) is 0 Å². The number of alkyl halides is 3. The lowest BCUT2D eigenvalue weighted by atomic mass is 10.4. The summed E-state index contributed by atoms with van der Waals surface area (Å²) in [6.07, 6.45) is 0. The van der Waals surface area contributed by atoms with Gasteiger partial charge in [-0.2, -0.15) is 13.2 Å². The van der Waals surface area contributed by atoms with Crippen molar-refractivity contribution in [2.24, 2.45) is 0 Å². The van der Waals surface area contributed by atoms with Crippen LogP contribution in [0.25, 0.3) is 0 Å². The minimum Gasteiger partial charge on any atom is -0.741 e. The summed E-state index contributed by atoms with van der Waals surface area (Å²) in [6.45, 7) is 0. The SMILES string of the molecule is O=S(=O)([O-])C(F)(F)F.c1ccc(P(=[N+]=P(c2ccccc2)(c2ccccc2)c2ccccc2)(c2ccccc2)c2ccccc2)cc1. The second kappa shape index (κ2) is 14.6. The van der Waals surface area contributed by atoms with Gasteiger partial charge in [-0.05, 0) is 72.8 Å². The predicted octanol–water partition coefficient (Wildman–Crippen LogP) is 6.46. The van der Waals surface area contributed by atoms with Crippen LogP contribution < -0.4 is 36.0 Å². The number of halogens is 3.